The van der Waals surface area contributed by atoms with E-state index in [1.807, 2.05) is 24.3 Å². The van der Waals surface area contributed by atoms with Crippen LogP contribution in [0.15, 0.2) is 36.4 Å². The first-order chi connectivity index (χ1) is 10.7. The molecule has 0 spiro atoms. The Morgan fingerprint density at radius 1 is 1.32 bits per heavy atom. The van der Waals surface area contributed by atoms with Crippen molar-refractivity contribution in [3.63, 3.8) is 0 Å². The van der Waals surface area contributed by atoms with E-state index in [9.17, 15) is 9.59 Å². The smallest absolute Gasteiger partial charge is 0.414 e. The summed E-state index contributed by atoms with van der Waals surface area (Å²) in [5.74, 6) is 0.479. The minimum Gasteiger partial charge on any atom is -0.447 e. The van der Waals surface area contributed by atoms with E-state index < -0.39 is 0 Å². The van der Waals surface area contributed by atoms with Crippen LogP contribution in [0.3, 0.4) is 0 Å². The van der Waals surface area contributed by atoms with Crippen LogP contribution in [0.25, 0.3) is 0 Å². The Labute approximate surface area is 129 Å². The summed E-state index contributed by atoms with van der Waals surface area (Å²) in [5, 5.41) is 2.95. The average Bonchev–Trinajstić information content (AvgIpc) is 3.17. The Morgan fingerprint density at radius 2 is 2.14 bits per heavy atom. The molecule has 0 aromatic heterocycles. The number of carbonyl (C=O) groups excluding carboxylic acids is 2. The molecule has 1 heterocycles. The second-order valence-corrected chi connectivity index (χ2v) is 5.68. The molecule has 0 bridgehead atoms. The Morgan fingerprint density at radius 3 is 2.77 bits per heavy atom. The maximum absolute atomic E-state index is 11.9. The molecule has 116 valence electrons. The van der Waals surface area contributed by atoms with Crippen LogP contribution < -0.4 is 10.2 Å². The van der Waals surface area contributed by atoms with Gasteiger partial charge in [0.2, 0.25) is 5.91 Å². The van der Waals surface area contributed by atoms with Crippen molar-refractivity contribution in [2.75, 3.05) is 18.1 Å². The molecule has 1 saturated heterocycles. The van der Waals surface area contributed by atoms with Gasteiger partial charge in [-0.2, -0.15) is 0 Å². The number of rotatable bonds is 5. The average molecular weight is 300 g/mol. The van der Waals surface area contributed by atoms with Gasteiger partial charge >= 0.3 is 6.09 Å². The summed E-state index contributed by atoms with van der Waals surface area (Å²) in [6.07, 6.45) is 6.69. The molecule has 5 heteroatoms. The second kappa shape index (κ2) is 6.64. The van der Waals surface area contributed by atoms with Gasteiger partial charge in [0.05, 0.1) is 6.54 Å². The third-order valence-corrected chi connectivity index (χ3v) is 4.06. The number of amides is 2. The predicted octanol–water partition coefficient (Wildman–Crippen LogP) is 2.62. The minimum absolute atomic E-state index is 0.0868. The van der Waals surface area contributed by atoms with Crippen LogP contribution in [0.1, 0.15) is 24.8 Å². The summed E-state index contributed by atoms with van der Waals surface area (Å²) in [6, 6.07) is 7.62. The summed E-state index contributed by atoms with van der Waals surface area (Å²) in [5.41, 5.74) is 1.85. The van der Waals surface area contributed by atoms with Crippen LogP contribution in [0.2, 0.25) is 0 Å². The monoisotopic (exact) mass is 300 g/mol. The van der Waals surface area contributed by atoms with E-state index in [0.29, 0.717) is 32.0 Å². The lowest BCUT2D eigenvalue weighted by Gasteiger charge is -2.13. The van der Waals surface area contributed by atoms with E-state index in [0.717, 1.165) is 24.1 Å². The van der Waals surface area contributed by atoms with Crippen LogP contribution in [-0.2, 0) is 16.1 Å². The number of allylic oxidation sites excluding steroid dienone is 2. The number of nitrogens with one attached hydrogen (secondary N) is 1. The Hall–Kier alpha value is -2.30. The van der Waals surface area contributed by atoms with Gasteiger partial charge in [-0.1, -0.05) is 24.3 Å². The molecule has 1 unspecified atom stereocenters. The van der Waals surface area contributed by atoms with Crippen LogP contribution >= 0.6 is 0 Å². The van der Waals surface area contributed by atoms with Gasteiger partial charge in [-0.15, -0.1) is 0 Å². The Bertz CT molecular complexity index is 580. The number of carbonyl (C=O) groups is 2. The van der Waals surface area contributed by atoms with Crippen molar-refractivity contribution in [3.8, 4) is 0 Å². The summed E-state index contributed by atoms with van der Waals surface area (Å²) in [7, 11) is 0. The minimum atomic E-state index is -0.300. The SMILES string of the molecule is O=C(CC1C=CCC1)NCc1ccc(N2CCOC2=O)cc1. The maximum atomic E-state index is 11.9. The molecular formula is C17H20N2O3. The van der Waals surface area contributed by atoms with Crippen molar-refractivity contribution in [1.82, 2.24) is 5.32 Å². The van der Waals surface area contributed by atoms with Crippen molar-refractivity contribution < 1.29 is 14.3 Å². The van der Waals surface area contributed by atoms with Crippen molar-refractivity contribution in [2.24, 2.45) is 5.92 Å². The van der Waals surface area contributed by atoms with Crippen LogP contribution in [-0.4, -0.2) is 25.2 Å². The lowest BCUT2D eigenvalue weighted by atomic mass is 10.1. The number of ether oxygens (including phenoxy) is 1. The lowest BCUT2D eigenvalue weighted by molar-refractivity contribution is -0.121. The largest absolute Gasteiger partial charge is 0.447 e. The highest BCUT2D eigenvalue weighted by Gasteiger charge is 2.23. The zero-order chi connectivity index (χ0) is 15.4. The fourth-order valence-corrected chi connectivity index (χ4v) is 2.80. The number of benzene rings is 1. The van der Waals surface area contributed by atoms with E-state index in [1.165, 1.54) is 0 Å². The predicted molar refractivity (Wildman–Crippen MR) is 83.5 cm³/mol. The van der Waals surface area contributed by atoms with Gasteiger partial charge in [-0.05, 0) is 36.5 Å². The molecule has 5 nitrogen and oxygen atoms in total. The molecule has 2 amide bonds. The van der Waals surface area contributed by atoms with E-state index in [-0.39, 0.29) is 12.0 Å². The Balaban J connectivity index is 1.49. The molecule has 1 aliphatic heterocycles. The molecule has 3 rings (SSSR count). The molecule has 1 aromatic rings. The molecule has 1 aromatic carbocycles. The molecular weight excluding hydrogens is 280 g/mol. The third-order valence-electron chi connectivity index (χ3n) is 4.06. The molecule has 0 radical (unpaired) electrons. The van der Waals surface area contributed by atoms with Gasteiger partial charge in [0.1, 0.15) is 6.61 Å². The molecule has 22 heavy (non-hydrogen) atoms. The van der Waals surface area contributed by atoms with E-state index in [4.69, 9.17) is 4.74 Å². The highest BCUT2D eigenvalue weighted by Crippen LogP contribution is 2.21. The molecule has 0 saturated carbocycles. The Kier molecular flexibility index (Phi) is 4.42. The zero-order valence-electron chi connectivity index (χ0n) is 12.5. The summed E-state index contributed by atoms with van der Waals surface area (Å²) in [4.78, 5) is 25.0. The van der Waals surface area contributed by atoms with Gasteiger partial charge in [0.25, 0.3) is 0 Å². The van der Waals surface area contributed by atoms with Crippen molar-refractivity contribution in [3.05, 3.63) is 42.0 Å². The summed E-state index contributed by atoms with van der Waals surface area (Å²) < 4.78 is 4.92. The number of anilines is 1. The standard InChI is InChI=1S/C17H20N2O3/c20-16(11-13-3-1-2-4-13)18-12-14-5-7-15(8-6-14)19-9-10-22-17(19)21/h1,3,5-8,13H,2,4,9-12H2,(H,18,20). The summed E-state index contributed by atoms with van der Waals surface area (Å²) >= 11 is 0. The first-order valence-electron chi connectivity index (χ1n) is 7.69. The molecule has 1 atom stereocenters. The molecule has 1 aliphatic carbocycles. The topological polar surface area (TPSA) is 58.6 Å². The number of nitrogens with zero attached hydrogens (tertiary/aromatic N) is 1. The summed E-state index contributed by atoms with van der Waals surface area (Å²) in [6.45, 7) is 1.54. The van der Waals surface area contributed by atoms with E-state index >= 15 is 0 Å². The highest BCUT2D eigenvalue weighted by atomic mass is 16.6. The quantitative estimate of drug-likeness (QED) is 0.850. The number of cyclic esters (lactones) is 1. The fourth-order valence-electron chi connectivity index (χ4n) is 2.80. The first kappa shape index (κ1) is 14.6. The number of hydrogen-bond donors (Lipinski definition) is 1. The van der Waals surface area contributed by atoms with Gasteiger partial charge in [-0.25, -0.2) is 4.79 Å². The van der Waals surface area contributed by atoms with Crippen molar-refractivity contribution in [2.45, 2.75) is 25.8 Å². The van der Waals surface area contributed by atoms with E-state index in [2.05, 4.69) is 17.5 Å². The molecule has 1 fully saturated rings. The van der Waals surface area contributed by atoms with Crippen LogP contribution in [0.5, 0.6) is 0 Å². The van der Waals surface area contributed by atoms with Crippen molar-refractivity contribution >= 4 is 17.7 Å². The third kappa shape index (κ3) is 3.47. The lowest BCUT2D eigenvalue weighted by Crippen LogP contribution is -2.25. The van der Waals surface area contributed by atoms with Gasteiger partial charge < -0.3 is 10.1 Å². The van der Waals surface area contributed by atoms with Crippen LogP contribution in [0, 0.1) is 5.92 Å². The highest BCUT2D eigenvalue weighted by molar-refractivity contribution is 5.89. The molecule has 2 aliphatic rings. The van der Waals surface area contributed by atoms with Gasteiger partial charge in [-0.3, -0.25) is 9.69 Å². The fraction of sp³-hybridized carbons (Fsp3) is 0.412. The number of hydrogen-bond acceptors (Lipinski definition) is 3. The van der Waals surface area contributed by atoms with Crippen molar-refractivity contribution in [1.29, 1.82) is 0 Å². The van der Waals surface area contributed by atoms with Gasteiger partial charge in [0, 0.05) is 18.7 Å². The maximum Gasteiger partial charge on any atom is 0.414 e. The normalized spacial score (nSPS) is 20.3. The zero-order valence-corrected chi connectivity index (χ0v) is 12.5. The second-order valence-electron chi connectivity index (χ2n) is 5.68. The van der Waals surface area contributed by atoms with E-state index in [1.54, 1.807) is 4.90 Å². The first-order valence-corrected chi connectivity index (χ1v) is 7.69. The van der Waals surface area contributed by atoms with Gasteiger partial charge in [0.15, 0.2) is 0 Å². The van der Waals surface area contributed by atoms with Crippen LogP contribution in [0.4, 0.5) is 10.5 Å². The molecule has 1 N–H and O–H groups in total.